The predicted molar refractivity (Wildman–Crippen MR) is 90.3 cm³/mol. The molecule has 3 N–H and O–H groups in total. The van der Waals surface area contributed by atoms with Crippen LogP contribution < -0.4 is 19.9 Å². The van der Waals surface area contributed by atoms with Crippen LogP contribution in [-0.4, -0.2) is 29.0 Å². The molecule has 8 heteroatoms. The fourth-order valence-electron chi connectivity index (χ4n) is 1.76. The van der Waals surface area contributed by atoms with Crippen molar-refractivity contribution in [1.29, 1.82) is 0 Å². The zero-order chi connectivity index (χ0) is 18.0. The Hall–Kier alpha value is -2.58. The summed E-state index contributed by atoms with van der Waals surface area (Å²) in [5.74, 6) is 1.44. The van der Waals surface area contributed by atoms with Crippen molar-refractivity contribution in [3.05, 3.63) is 54.1 Å². The van der Waals surface area contributed by atoms with Gasteiger partial charge in [0.05, 0.1) is 19.1 Å². The third-order valence-corrected chi connectivity index (χ3v) is 3.87. The summed E-state index contributed by atoms with van der Waals surface area (Å²) in [5.41, 5.74) is 0.917. The average molecular weight is 352 g/mol. The Morgan fingerprint density at radius 2 is 1.75 bits per heavy atom. The molecule has 0 unspecified atom stereocenters. The number of methoxy groups -OCH3 is 2. The van der Waals surface area contributed by atoms with Crippen molar-refractivity contribution in [2.24, 2.45) is 5.14 Å². The van der Waals surface area contributed by atoms with Crippen molar-refractivity contribution in [3.8, 4) is 11.5 Å². The second-order valence-corrected chi connectivity index (χ2v) is 6.10. The van der Waals surface area contributed by atoms with E-state index in [1.807, 2.05) is 12.1 Å². The molecule has 7 nitrogen and oxygen atoms in total. The van der Waals surface area contributed by atoms with E-state index >= 15 is 0 Å². The van der Waals surface area contributed by atoms with Crippen LogP contribution in [0.5, 0.6) is 11.5 Å². The first-order chi connectivity index (χ1) is 11.4. The molecule has 0 radical (unpaired) electrons. The molecule has 1 amide bonds. The van der Waals surface area contributed by atoms with E-state index in [9.17, 15) is 13.2 Å². The van der Waals surface area contributed by atoms with Crippen LogP contribution >= 0.6 is 0 Å². The normalized spacial score (nSPS) is 10.1. The van der Waals surface area contributed by atoms with Crippen LogP contribution in [-0.2, 0) is 21.4 Å². The molecule has 0 spiro atoms. The van der Waals surface area contributed by atoms with Crippen LogP contribution in [0.1, 0.15) is 5.56 Å². The third kappa shape index (κ3) is 6.27. The van der Waals surface area contributed by atoms with Gasteiger partial charge in [-0.15, -0.1) is 0 Å². The number of primary sulfonamides is 1. The number of sulfonamides is 1. The summed E-state index contributed by atoms with van der Waals surface area (Å²) >= 11 is 0. The molecule has 0 fully saturated rings. The largest absolute Gasteiger partial charge is 0.497 e. The Morgan fingerprint density at radius 3 is 2.21 bits per heavy atom. The molecule has 0 bridgehead atoms. The summed E-state index contributed by atoms with van der Waals surface area (Å²) in [4.78, 5) is 10.3. The molecule has 0 saturated carbocycles. The minimum atomic E-state index is -3.50. The average Bonchev–Trinajstić information content (AvgIpc) is 2.60. The maximum absolute atomic E-state index is 10.6. The minimum absolute atomic E-state index is 0.148. The number of ether oxygens (including phenoxy) is 2. The maximum Gasteiger partial charge on any atom is 0.238 e. The van der Waals surface area contributed by atoms with Gasteiger partial charge in [-0.05, 0) is 24.3 Å². The molecule has 130 valence electrons. The number of hydrogen-bond acceptors (Lipinski definition) is 5. The molecule has 0 heterocycles. The number of carbonyl (C=O) groups excluding carboxylic acids is 1. The number of amides is 1. The second-order valence-electron chi connectivity index (χ2n) is 4.53. The molecule has 2 aromatic carbocycles. The van der Waals surface area contributed by atoms with Crippen molar-refractivity contribution in [2.45, 2.75) is 11.4 Å². The fraction of sp³-hybridized carbons (Fsp3) is 0.188. The molecular weight excluding hydrogens is 332 g/mol. The van der Waals surface area contributed by atoms with E-state index in [2.05, 4.69) is 5.32 Å². The lowest BCUT2D eigenvalue weighted by Gasteiger charge is -2.09. The lowest BCUT2D eigenvalue weighted by Crippen LogP contribution is -2.11. The molecule has 2 rings (SSSR count). The summed E-state index contributed by atoms with van der Waals surface area (Å²) in [7, 11) is -0.325. The number of nitrogens with one attached hydrogen (secondary N) is 1. The Kier molecular flexibility index (Phi) is 7.73. The van der Waals surface area contributed by atoms with E-state index in [4.69, 9.17) is 14.6 Å². The molecule has 0 aromatic heterocycles. The number of rotatable bonds is 6. The van der Waals surface area contributed by atoms with Gasteiger partial charge in [0.15, 0.2) is 0 Å². The summed E-state index contributed by atoms with van der Waals surface area (Å²) in [6.07, 6.45) is 0.656. The fourth-order valence-corrected chi connectivity index (χ4v) is 2.30. The van der Waals surface area contributed by atoms with Gasteiger partial charge in [0.1, 0.15) is 11.5 Å². The highest BCUT2D eigenvalue weighted by Gasteiger charge is 2.04. The van der Waals surface area contributed by atoms with E-state index in [-0.39, 0.29) is 4.90 Å². The molecule has 0 saturated heterocycles. The minimum Gasteiger partial charge on any atom is -0.497 e. The lowest BCUT2D eigenvalue weighted by atomic mass is 10.2. The zero-order valence-corrected chi connectivity index (χ0v) is 14.2. The van der Waals surface area contributed by atoms with Gasteiger partial charge in [-0.3, -0.25) is 4.79 Å². The van der Waals surface area contributed by atoms with Gasteiger partial charge < -0.3 is 14.8 Å². The molecule has 0 atom stereocenters. The number of nitrogens with two attached hydrogens (primary N) is 1. The van der Waals surface area contributed by atoms with Crippen molar-refractivity contribution in [2.75, 3.05) is 14.2 Å². The SMILES string of the molecule is COc1ccc(CNC=O)c(OC)c1.NS(=O)(=O)c1ccccc1. The topological polar surface area (TPSA) is 108 Å². The van der Waals surface area contributed by atoms with Crippen LogP contribution in [0.4, 0.5) is 0 Å². The predicted octanol–water partition coefficient (Wildman–Crippen LogP) is 1.28. The van der Waals surface area contributed by atoms with E-state index in [1.54, 1.807) is 38.5 Å². The van der Waals surface area contributed by atoms with Crippen LogP contribution in [0, 0.1) is 0 Å². The maximum atomic E-state index is 10.6. The Balaban J connectivity index is 0.000000254. The smallest absolute Gasteiger partial charge is 0.238 e. The molecular formula is C16H20N2O5S. The first-order valence-electron chi connectivity index (χ1n) is 6.88. The van der Waals surface area contributed by atoms with Gasteiger partial charge in [0, 0.05) is 18.2 Å². The van der Waals surface area contributed by atoms with E-state index in [1.165, 1.54) is 12.1 Å². The highest BCUT2D eigenvalue weighted by atomic mass is 32.2. The monoisotopic (exact) mass is 352 g/mol. The highest BCUT2D eigenvalue weighted by Crippen LogP contribution is 2.24. The Morgan fingerprint density at radius 1 is 1.08 bits per heavy atom. The van der Waals surface area contributed by atoms with Gasteiger partial charge in [-0.25, -0.2) is 13.6 Å². The summed E-state index contributed by atoms with van der Waals surface area (Å²) in [6, 6.07) is 13.3. The zero-order valence-electron chi connectivity index (χ0n) is 13.4. The molecule has 0 aliphatic carbocycles. The van der Waals surface area contributed by atoms with E-state index in [0.29, 0.717) is 18.7 Å². The molecule has 2 aromatic rings. The van der Waals surface area contributed by atoms with Gasteiger partial charge in [0.25, 0.3) is 0 Å². The van der Waals surface area contributed by atoms with Gasteiger partial charge in [0.2, 0.25) is 16.4 Å². The number of hydrogen-bond donors (Lipinski definition) is 2. The number of benzene rings is 2. The van der Waals surface area contributed by atoms with Crippen LogP contribution in [0.2, 0.25) is 0 Å². The first kappa shape index (κ1) is 19.5. The van der Waals surface area contributed by atoms with Crippen LogP contribution in [0.3, 0.4) is 0 Å². The first-order valence-corrected chi connectivity index (χ1v) is 8.42. The summed E-state index contributed by atoms with van der Waals surface area (Å²) < 4.78 is 31.4. The van der Waals surface area contributed by atoms with Crippen molar-refractivity contribution >= 4 is 16.4 Å². The van der Waals surface area contributed by atoms with E-state index in [0.717, 1.165) is 11.3 Å². The molecule has 0 aliphatic rings. The van der Waals surface area contributed by atoms with Crippen molar-refractivity contribution in [1.82, 2.24) is 5.32 Å². The lowest BCUT2D eigenvalue weighted by molar-refractivity contribution is -0.109. The van der Waals surface area contributed by atoms with Crippen molar-refractivity contribution in [3.63, 3.8) is 0 Å². The van der Waals surface area contributed by atoms with Crippen LogP contribution in [0.25, 0.3) is 0 Å². The van der Waals surface area contributed by atoms with Crippen molar-refractivity contribution < 1.29 is 22.7 Å². The van der Waals surface area contributed by atoms with Gasteiger partial charge >= 0.3 is 0 Å². The summed E-state index contributed by atoms with van der Waals surface area (Å²) in [5, 5.41) is 7.40. The van der Waals surface area contributed by atoms with Gasteiger partial charge in [-0.1, -0.05) is 18.2 Å². The quantitative estimate of drug-likeness (QED) is 0.762. The molecule has 24 heavy (non-hydrogen) atoms. The van der Waals surface area contributed by atoms with Gasteiger partial charge in [-0.2, -0.15) is 0 Å². The third-order valence-electron chi connectivity index (χ3n) is 2.94. The number of carbonyl (C=O) groups is 1. The van der Waals surface area contributed by atoms with E-state index < -0.39 is 10.0 Å². The Labute approximate surface area is 141 Å². The summed E-state index contributed by atoms with van der Waals surface area (Å²) in [6.45, 7) is 0.455. The second kappa shape index (κ2) is 9.53. The standard InChI is InChI=1S/C10H13NO3.C6H7NO2S/c1-13-9-4-3-8(6-11-7-12)10(5-9)14-2;7-10(8,9)6-4-2-1-3-5-6/h3-5,7H,6H2,1-2H3,(H,11,12);1-5H,(H2,7,8,9). The highest BCUT2D eigenvalue weighted by molar-refractivity contribution is 7.89. The van der Waals surface area contributed by atoms with Crippen LogP contribution in [0.15, 0.2) is 53.4 Å². The Bertz CT molecular complexity index is 748. The molecule has 0 aliphatic heterocycles.